The average molecular weight is 366 g/mol. The van der Waals surface area contributed by atoms with Crippen molar-refractivity contribution in [1.29, 1.82) is 0 Å². The number of carbonyl (C=O) groups excluding carboxylic acids is 2. The van der Waals surface area contributed by atoms with Gasteiger partial charge in [0.15, 0.2) is 6.04 Å². The van der Waals surface area contributed by atoms with Crippen molar-refractivity contribution in [3.63, 3.8) is 0 Å². The molecule has 27 heavy (non-hydrogen) atoms. The van der Waals surface area contributed by atoms with Gasteiger partial charge in [0.25, 0.3) is 11.7 Å². The number of aryl methyl sites for hydroxylation is 2. The second-order valence-corrected chi connectivity index (χ2v) is 7.51. The molecule has 0 spiro atoms. The van der Waals surface area contributed by atoms with Gasteiger partial charge in [-0.05, 0) is 31.5 Å². The molecule has 0 radical (unpaired) electrons. The number of hydrogen-bond acceptors (Lipinski definition) is 3. The van der Waals surface area contributed by atoms with Crippen molar-refractivity contribution in [2.75, 3.05) is 36.0 Å². The van der Waals surface area contributed by atoms with Gasteiger partial charge in [-0.1, -0.05) is 23.8 Å². The summed E-state index contributed by atoms with van der Waals surface area (Å²) in [5, 5.41) is 0. The topological polar surface area (TPSA) is 59.2 Å². The Labute approximate surface area is 159 Å². The highest BCUT2D eigenvalue weighted by Gasteiger charge is 2.47. The van der Waals surface area contributed by atoms with E-state index in [2.05, 4.69) is 16.0 Å². The molecule has 2 aliphatic heterocycles. The van der Waals surface area contributed by atoms with Crippen LogP contribution in [0.4, 0.5) is 11.5 Å². The number of H-pyrrole nitrogens is 1. The van der Waals surface area contributed by atoms with Crippen LogP contribution in [0.2, 0.25) is 0 Å². The number of amides is 2. The zero-order valence-electron chi connectivity index (χ0n) is 15.9. The SMILES string of the molecule is Cc1ccc(N2C(=O)C[C@@H]([NH+]3CCN(c4cccc[nH+]4)CC3)C2=O)c(C)c1. The number of rotatable bonds is 3. The first-order valence-corrected chi connectivity index (χ1v) is 9.55. The van der Waals surface area contributed by atoms with Crippen molar-refractivity contribution in [1.82, 2.24) is 0 Å². The summed E-state index contributed by atoms with van der Waals surface area (Å²) < 4.78 is 0. The highest BCUT2D eigenvalue weighted by atomic mass is 16.2. The lowest BCUT2D eigenvalue weighted by Crippen LogP contribution is -3.19. The number of aromatic amines is 1. The van der Waals surface area contributed by atoms with E-state index in [4.69, 9.17) is 0 Å². The van der Waals surface area contributed by atoms with E-state index >= 15 is 0 Å². The maximum atomic E-state index is 13.1. The fraction of sp³-hybridized carbons (Fsp3) is 0.381. The second kappa shape index (κ2) is 7.12. The number of nitrogens with zero attached hydrogens (tertiary/aromatic N) is 2. The molecule has 1 aromatic heterocycles. The van der Waals surface area contributed by atoms with Gasteiger partial charge in [-0.2, -0.15) is 0 Å². The van der Waals surface area contributed by atoms with Gasteiger partial charge in [0, 0.05) is 6.07 Å². The van der Waals surface area contributed by atoms with Crippen LogP contribution in [-0.2, 0) is 9.59 Å². The monoisotopic (exact) mass is 366 g/mol. The van der Waals surface area contributed by atoms with Crippen LogP contribution in [0.25, 0.3) is 0 Å². The first-order valence-electron chi connectivity index (χ1n) is 9.55. The Hall–Kier alpha value is -2.73. The van der Waals surface area contributed by atoms with Crippen LogP contribution in [-0.4, -0.2) is 44.0 Å². The first kappa shape index (κ1) is 17.7. The molecule has 0 aliphatic carbocycles. The zero-order valence-corrected chi connectivity index (χ0v) is 15.9. The summed E-state index contributed by atoms with van der Waals surface area (Å²) >= 11 is 0. The number of nitrogens with one attached hydrogen (secondary N) is 2. The Morgan fingerprint density at radius 1 is 1.07 bits per heavy atom. The minimum absolute atomic E-state index is 0.0540. The molecular weight excluding hydrogens is 340 g/mol. The Bertz CT molecular complexity index is 860. The lowest BCUT2D eigenvalue weighted by molar-refractivity contribution is -0.915. The molecule has 4 rings (SSSR count). The molecule has 2 amide bonds. The summed E-state index contributed by atoms with van der Waals surface area (Å²) in [6, 6.07) is 11.7. The summed E-state index contributed by atoms with van der Waals surface area (Å²) in [6.45, 7) is 7.42. The highest BCUT2D eigenvalue weighted by Crippen LogP contribution is 2.26. The van der Waals surface area contributed by atoms with Crippen LogP contribution in [0.5, 0.6) is 0 Å². The minimum Gasteiger partial charge on any atom is -0.318 e. The Morgan fingerprint density at radius 3 is 2.52 bits per heavy atom. The fourth-order valence-corrected chi connectivity index (χ4v) is 4.22. The van der Waals surface area contributed by atoms with Gasteiger partial charge in [0.1, 0.15) is 26.2 Å². The molecule has 0 bridgehead atoms. The van der Waals surface area contributed by atoms with Crippen LogP contribution >= 0.6 is 0 Å². The Morgan fingerprint density at radius 2 is 1.85 bits per heavy atom. The molecule has 1 atom stereocenters. The molecular formula is C21H26N4O2+2. The van der Waals surface area contributed by atoms with Gasteiger partial charge < -0.3 is 4.90 Å². The number of anilines is 2. The molecule has 140 valence electrons. The third-order valence-electron chi connectivity index (χ3n) is 5.67. The normalized spacial score (nSPS) is 21.2. The smallest absolute Gasteiger partial charge is 0.292 e. The Balaban J connectivity index is 1.46. The van der Waals surface area contributed by atoms with Crippen molar-refractivity contribution >= 4 is 23.3 Å². The van der Waals surface area contributed by atoms with Gasteiger partial charge in [-0.15, -0.1) is 0 Å². The van der Waals surface area contributed by atoms with Crippen molar-refractivity contribution in [3.8, 4) is 0 Å². The molecule has 3 heterocycles. The molecule has 0 unspecified atom stereocenters. The van der Waals surface area contributed by atoms with Gasteiger partial charge >= 0.3 is 0 Å². The lowest BCUT2D eigenvalue weighted by atomic mass is 10.1. The number of benzene rings is 1. The lowest BCUT2D eigenvalue weighted by Gasteiger charge is -2.31. The van der Waals surface area contributed by atoms with Crippen LogP contribution in [0.3, 0.4) is 0 Å². The predicted molar refractivity (Wildman–Crippen MR) is 103 cm³/mol. The largest absolute Gasteiger partial charge is 0.318 e. The molecule has 6 nitrogen and oxygen atoms in total. The van der Waals surface area contributed by atoms with Gasteiger partial charge in [0.2, 0.25) is 5.91 Å². The second-order valence-electron chi connectivity index (χ2n) is 7.51. The Kier molecular flexibility index (Phi) is 4.66. The summed E-state index contributed by atoms with van der Waals surface area (Å²) in [5.74, 6) is 0.965. The quantitative estimate of drug-likeness (QED) is 0.787. The summed E-state index contributed by atoms with van der Waals surface area (Å²) in [5.41, 5.74) is 2.83. The number of pyridine rings is 1. The number of hydrogen-bond donors (Lipinski definition) is 1. The fourth-order valence-electron chi connectivity index (χ4n) is 4.22. The van der Waals surface area contributed by atoms with E-state index < -0.39 is 0 Å². The van der Waals surface area contributed by atoms with Crippen LogP contribution in [0, 0.1) is 13.8 Å². The zero-order chi connectivity index (χ0) is 19.0. The van der Waals surface area contributed by atoms with Gasteiger partial charge in [-0.3, -0.25) is 14.5 Å². The van der Waals surface area contributed by atoms with Crippen molar-refractivity contribution in [2.45, 2.75) is 26.3 Å². The highest BCUT2D eigenvalue weighted by molar-refractivity contribution is 6.22. The molecule has 2 aromatic rings. The van der Waals surface area contributed by atoms with E-state index in [0.717, 1.165) is 48.8 Å². The maximum Gasteiger partial charge on any atom is 0.292 e. The predicted octanol–water partition coefficient (Wildman–Crippen LogP) is 0.155. The molecule has 2 N–H and O–H groups in total. The molecule has 1 aromatic carbocycles. The molecule has 6 heteroatoms. The number of aromatic nitrogens is 1. The number of imide groups is 1. The third-order valence-corrected chi connectivity index (χ3v) is 5.67. The number of quaternary nitrogens is 1. The summed E-state index contributed by atoms with van der Waals surface area (Å²) in [7, 11) is 0. The maximum absolute atomic E-state index is 13.1. The first-order chi connectivity index (χ1) is 13.0. The third kappa shape index (κ3) is 3.32. The van der Waals surface area contributed by atoms with Crippen molar-refractivity contribution in [3.05, 3.63) is 53.7 Å². The summed E-state index contributed by atoms with van der Waals surface area (Å²) in [4.78, 5) is 33.9. The van der Waals surface area contributed by atoms with E-state index in [0.29, 0.717) is 6.42 Å². The van der Waals surface area contributed by atoms with Crippen LogP contribution < -0.4 is 19.7 Å². The van der Waals surface area contributed by atoms with Crippen LogP contribution in [0.15, 0.2) is 42.6 Å². The van der Waals surface area contributed by atoms with Gasteiger partial charge in [-0.25, -0.2) is 9.88 Å². The number of piperazine rings is 1. The average Bonchev–Trinajstić information content (AvgIpc) is 2.97. The molecule has 0 saturated carbocycles. The van der Waals surface area contributed by atoms with E-state index in [9.17, 15) is 9.59 Å². The number of carbonyl (C=O) groups is 2. The molecule has 2 fully saturated rings. The van der Waals surface area contributed by atoms with E-state index in [-0.39, 0.29) is 17.9 Å². The minimum atomic E-state index is -0.264. The standard InChI is InChI=1S/C21H24N4O2/c1-15-6-7-17(16(2)13-15)25-20(26)14-18(21(25)27)23-9-11-24(12-10-23)19-5-3-4-8-22-19/h3-8,13,18H,9-12,14H2,1-2H3/p+2/t18-/m1/s1. The molecule has 2 saturated heterocycles. The van der Waals surface area contributed by atoms with Gasteiger partial charge in [0.05, 0.1) is 18.3 Å². The summed E-state index contributed by atoms with van der Waals surface area (Å²) in [6.07, 6.45) is 2.23. The van der Waals surface area contributed by atoms with Crippen molar-refractivity contribution in [2.24, 2.45) is 0 Å². The van der Waals surface area contributed by atoms with E-state index in [1.54, 1.807) is 0 Å². The van der Waals surface area contributed by atoms with Crippen LogP contribution in [0.1, 0.15) is 17.5 Å². The van der Waals surface area contributed by atoms with E-state index in [1.165, 1.54) is 9.80 Å². The van der Waals surface area contributed by atoms with Crippen molar-refractivity contribution < 1.29 is 19.5 Å². The molecule has 2 aliphatic rings. The van der Waals surface area contributed by atoms with E-state index in [1.807, 2.05) is 50.4 Å².